The van der Waals surface area contributed by atoms with Crippen LogP contribution >= 0.6 is 0 Å². The number of halogens is 3. The first-order valence-corrected chi connectivity index (χ1v) is 11.1. The van der Waals surface area contributed by atoms with Crippen LogP contribution in [0.25, 0.3) is 0 Å². The molecule has 0 bridgehead atoms. The molecule has 6 atom stereocenters. The standard InChI is InChI=1S/C18H31N5O6.C2HF3O2/c1-9(24)13(19)18(29)23-8-4-6-12(23)17(28)22-7-3-5-11(22)16(27)21-14(10(2)25)15(20)26;3-2(4,5)1(6)7/h9-14,24-25H,3-8,19H2,1-2H3,(H2,20,26)(H,21,27);(H,6,7)/t9-,10-,11+,12+,13+,14+;/m1./s1. The Hall–Kier alpha value is -2.98. The molecule has 0 spiro atoms. The fraction of sp³-hybridized carbons (Fsp3) is 0.750. The highest BCUT2D eigenvalue weighted by molar-refractivity contribution is 5.95. The van der Waals surface area contributed by atoms with Crippen molar-refractivity contribution in [3.63, 3.8) is 0 Å². The summed E-state index contributed by atoms with van der Waals surface area (Å²) in [4.78, 5) is 61.4. The lowest BCUT2D eigenvalue weighted by Gasteiger charge is -2.33. The van der Waals surface area contributed by atoms with Gasteiger partial charge in [-0.05, 0) is 39.5 Å². The van der Waals surface area contributed by atoms with Gasteiger partial charge in [-0.2, -0.15) is 13.2 Å². The van der Waals surface area contributed by atoms with Crippen LogP contribution in [0.4, 0.5) is 13.2 Å². The molecule has 0 aromatic rings. The van der Waals surface area contributed by atoms with Gasteiger partial charge in [0.25, 0.3) is 0 Å². The van der Waals surface area contributed by atoms with Crippen molar-refractivity contribution in [2.45, 2.75) is 82.1 Å². The molecule has 8 N–H and O–H groups in total. The zero-order valence-corrected chi connectivity index (χ0v) is 19.8. The largest absolute Gasteiger partial charge is 0.490 e. The minimum atomic E-state index is -5.08. The Morgan fingerprint density at radius 3 is 1.83 bits per heavy atom. The highest BCUT2D eigenvalue weighted by atomic mass is 19.4. The van der Waals surface area contributed by atoms with E-state index in [0.29, 0.717) is 38.8 Å². The third-order valence-electron chi connectivity index (χ3n) is 5.79. The number of hydrogen-bond donors (Lipinski definition) is 6. The van der Waals surface area contributed by atoms with Crippen LogP contribution < -0.4 is 16.8 Å². The summed E-state index contributed by atoms with van der Waals surface area (Å²) in [5.74, 6) is -5.06. The van der Waals surface area contributed by atoms with Gasteiger partial charge in [-0.25, -0.2) is 4.79 Å². The maximum Gasteiger partial charge on any atom is 0.490 e. The van der Waals surface area contributed by atoms with Crippen molar-refractivity contribution in [2.75, 3.05) is 13.1 Å². The van der Waals surface area contributed by atoms with E-state index in [-0.39, 0.29) is 5.91 Å². The summed E-state index contributed by atoms with van der Waals surface area (Å²) >= 11 is 0. The van der Waals surface area contributed by atoms with Crippen molar-refractivity contribution in [2.24, 2.45) is 11.5 Å². The average Bonchev–Trinajstić information content (AvgIpc) is 3.44. The SMILES string of the molecule is C[C@@H](O)[C@H](N)C(=O)N1CCC[C@H]1C(=O)N1CCC[C@H]1C(=O)N[C@H](C(N)=O)[C@@H](C)O.O=C(O)C(F)(F)F. The molecule has 0 aliphatic carbocycles. The lowest BCUT2D eigenvalue weighted by molar-refractivity contribution is -0.192. The Balaban J connectivity index is 0.000000809. The summed E-state index contributed by atoms with van der Waals surface area (Å²) < 4.78 is 31.7. The minimum Gasteiger partial charge on any atom is -0.475 e. The number of primary amides is 1. The number of alkyl halides is 3. The Bertz CT molecular complexity index is 839. The number of carbonyl (C=O) groups is 5. The number of carboxylic acids is 1. The molecule has 0 aromatic carbocycles. The topological polar surface area (TPSA) is 217 Å². The third-order valence-corrected chi connectivity index (χ3v) is 5.79. The second-order valence-electron chi connectivity index (χ2n) is 8.58. The van der Waals surface area contributed by atoms with Crippen LogP contribution in [0.2, 0.25) is 0 Å². The van der Waals surface area contributed by atoms with Gasteiger partial charge in [-0.1, -0.05) is 0 Å². The monoisotopic (exact) mass is 527 g/mol. The number of nitrogens with zero attached hydrogens (tertiary/aromatic N) is 2. The van der Waals surface area contributed by atoms with Gasteiger partial charge in [0.15, 0.2) is 0 Å². The van der Waals surface area contributed by atoms with E-state index < -0.39 is 66.2 Å². The highest BCUT2D eigenvalue weighted by Gasteiger charge is 2.44. The molecule has 13 nitrogen and oxygen atoms in total. The van der Waals surface area contributed by atoms with Crippen LogP contribution in [0.15, 0.2) is 0 Å². The van der Waals surface area contributed by atoms with Crippen molar-refractivity contribution < 1.29 is 52.5 Å². The van der Waals surface area contributed by atoms with Crippen LogP contribution in [0.1, 0.15) is 39.5 Å². The van der Waals surface area contributed by atoms with Gasteiger partial charge < -0.3 is 41.9 Å². The van der Waals surface area contributed by atoms with Crippen LogP contribution in [0, 0.1) is 0 Å². The number of aliphatic carboxylic acids is 1. The molecule has 16 heteroatoms. The van der Waals surface area contributed by atoms with Gasteiger partial charge in [-0.3, -0.25) is 19.2 Å². The molecule has 0 unspecified atom stereocenters. The first kappa shape index (κ1) is 31.1. The lowest BCUT2D eigenvalue weighted by Crippen LogP contribution is -2.58. The minimum absolute atomic E-state index is 0.341. The first-order chi connectivity index (χ1) is 16.5. The predicted molar refractivity (Wildman–Crippen MR) is 116 cm³/mol. The summed E-state index contributed by atoms with van der Waals surface area (Å²) in [6.45, 7) is 3.44. The molecule has 2 heterocycles. The fourth-order valence-electron chi connectivity index (χ4n) is 3.86. The van der Waals surface area contributed by atoms with Crippen molar-refractivity contribution >= 4 is 29.6 Å². The number of hydrogen-bond acceptors (Lipinski definition) is 8. The Labute approximate surface area is 204 Å². The van der Waals surface area contributed by atoms with Gasteiger partial charge in [0.05, 0.1) is 12.2 Å². The van der Waals surface area contributed by atoms with E-state index in [1.165, 1.54) is 23.6 Å². The summed E-state index contributed by atoms with van der Waals surface area (Å²) in [6, 6.07) is -3.94. The first-order valence-electron chi connectivity index (χ1n) is 11.1. The number of carbonyl (C=O) groups excluding carboxylic acids is 4. The molecule has 2 rings (SSSR count). The van der Waals surface area contributed by atoms with E-state index in [4.69, 9.17) is 21.4 Å². The normalized spacial score (nSPS) is 23.1. The van der Waals surface area contributed by atoms with E-state index in [1.807, 2.05) is 0 Å². The average molecular weight is 527 g/mol. The Morgan fingerprint density at radius 1 is 0.944 bits per heavy atom. The smallest absolute Gasteiger partial charge is 0.475 e. The second-order valence-corrected chi connectivity index (χ2v) is 8.58. The number of aliphatic hydroxyl groups is 2. The summed E-state index contributed by atoms with van der Waals surface area (Å²) in [5, 5.41) is 28.8. The van der Waals surface area contributed by atoms with Crippen molar-refractivity contribution in [1.82, 2.24) is 15.1 Å². The Morgan fingerprint density at radius 2 is 1.42 bits per heavy atom. The number of rotatable bonds is 7. The number of carboxylic acid groups (broad SMARTS) is 1. The van der Waals surface area contributed by atoms with E-state index in [1.54, 1.807) is 0 Å². The molecule has 0 aromatic heterocycles. The molecule has 0 saturated carbocycles. The van der Waals surface area contributed by atoms with E-state index in [9.17, 15) is 42.6 Å². The number of aliphatic hydroxyl groups excluding tert-OH is 2. The molecule has 2 aliphatic rings. The molecule has 0 radical (unpaired) electrons. The maximum absolute atomic E-state index is 13.1. The van der Waals surface area contributed by atoms with Gasteiger partial charge in [0.1, 0.15) is 24.2 Å². The molecule has 4 amide bonds. The number of amides is 4. The number of likely N-dealkylation sites (tertiary alicyclic amines) is 2. The molecule has 2 aliphatic heterocycles. The van der Waals surface area contributed by atoms with Crippen LogP contribution in [-0.4, -0.2) is 110 Å². The Kier molecular flexibility index (Phi) is 11.1. The second kappa shape index (κ2) is 12.8. The zero-order chi connectivity index (χ0) is 28.0. The van der Waals surface area contributed by atoms with E-state index in [0.717, 1.165) is 0 Å². The molecular formula is C20H32F3N5O8. The highest BCUT2D eigenvalue weighted by Crippen LogP contribution is 2.25. The van der Waals surface area contributed by atoms with Crippen molar-refractivity contribution in [3.05, 3.63) is 0 Å². The third kappa shape index (κ3) is 8.03. The van der Waals surface area contributed by atoms with Crippen LogP contribution in [-0.2, 0) is 24.0 Å². The molecule has 36 heavy (non-hydrogen) atoms. The van der Waals surface area contributed by atoms with Crippen LogP contribution in [0.3, 0.4) is 0 Å². The molecular weight excluding hydrogens is 495 g/mol. The van der Waals surface area contributed by atoms with Crippen molar-refractivity contribution in [1.29, 1.82) is 0 Å². The molecule has 2 fully saturated rings. The zero-order valence-electron chi connectivity index (χ0n) is 19.8. The van der Waals surface area contributed by atoms with E-state index in [2.05, 4.69) is 5.32 Å². The van der Waals surface area contributed by atoms with Gasteiger partial charge in [0, 0.05) is 13.1 Å². The van der Waals surface area contributed by atoms with Gasteiger partial charge >= 0.3 is 12.1 Å². The number of nitrogens with two attached hydrogens (primary N) is 2. The summed E-state index contributed by atoms with van der Waals surface area (Å²) in [6.07, 6.45) is -5.25. The molecule has 2 saturated heterocycles. The quantitative estimate of drug-likeness (QED) is 0.209. The maximum atomic E-state index is 13.1. The lowest BCUT2D eigenvalue weighted by atomic mass is 10.1. The van der Waals surface area contributed by atoms with Crippen molar-refractivity contribution in [3.8, 4) is 0 Å². The molecule has 206 valence electrons. The summed E-state index contributed by atoms with van der Waals surface area (Å²) in [7, 11) is 0. The summed E-state index contributed by atoms with van der Waals surface area (Å²) in [5.41, 5.74) is 11.0. The van der Waals surface area contributed by atoms with Crippen LogP contribution in [0.5, 0.6) is 0 Å². The predicted octanol–water partition coefficient (Wildman–Crippen LogP) is -2.34. The van der Waals surface area contributed by atoms with Gasteiger partial charge in [0.2, 0.25) is 23.6 Å². The number of nitrogens with one attached hydrogen (secondary N) is 1. The van der Waals surface area contributed by atoms with E-state index >= 15 is 0 Å². The fourth-order valence-corrected chi connectivity index (χ4v) is 3.86. The van der Waals surface area contributed by atoms with Gasteiger partial charge in [-0.15, -0.1) is 0 Å².